The van der Waals surface area contributed by atoms with Crippen LogP contribution in [0, 0.1) is 0 Å². The average molecular weight is 299 g/mol. The van der Waals surface area contributed by atoms with Crippen molar-refractivity contribution in [2.75, 3.05) is 7.11 Å². The second-order valence-corrected chi connectivity index (χ2v) is 6.06. The highest BCUT2D eigenvalue weighted by molar-refractivity contribution is 5.91. The first kappa shape index (κ1) is 15.9. The highest BCUT2D eigenvalue weighted by Crippen LogP contribution is 2.31. The minimum absolute atomic E-state index is 0.0315. The number of rotatable bonds is 4. The smallest absolute Gasteiger partial charge is 0.271 e. The number of amides is 1. The van der Waals surface area contributed by atoms with Crippen molar-refractivity contribution in [3.8, 4) is 5.75 Å². The molecule has 1 amide bonds. The first-order valence-electron chi connectivity index (χ1n) is 7.13. The minimum Gasteiger partial charge on any atom is -0.496 e. The number of aromatic nitrogens is 2. The van der Waals surface area contributed by atoms with Crippen LogP contribution in [0.5, 0.6) is 5.75 Å². The Hall–Kier alpha value is -2.43. The summed E-state index contributed by atoms with van der Waals surface area (Å²) in [7, 11) is 1.67. The lowest BCUT2D eigenvalue weighted by Gasteiger charge is -2.23. The molecular formula is C17H21N3O2. The van der Waals surface area contributed by atoms with Crippen LogP contribution in [0.3, 0.4) is 0 Å². The molecule has 0 aliphatic heterocycles. The standard InChI is InChI=1S/C17H21N3O2/c1-17(2,3)13-9-12(5-6-15(13)22-4)10-20-16(21)14-11-18-7-8-19-14/h5-9,11H,10H2,1-4H3,(H,20,21). The molecule has 5 nitrogen and oxygen atoms in total. The van der Waals surface area contributed by atoms with Crippen molar-refractivity contribution in [3.63, 3.8) is 0 Å². The fraction of sp³-hybridized carbons (Fsp3) is 0.353. The van der Waals surface area contributed by atoms with Gasteiger partial charge in [-0.15, -0.1) is 0 Å². The van der Waals surface area contributed by atoms with Crippen LogP contribution in [0.2, 0.25) is 0 Å². The second-order valence-electron chi connectivity index (χ2n) is 6.06. The number of benzene rings is 1. The summed E-state index contributed by atoms with van der Waals surface area (Å²) in [6, 6.07) is 5.95. The number of nitrogens with one attached hydrogen (secondary N) is 1. The van der Waals surface area contributed by atoms with Crippen LogP contribution in [-0.4, -0.2) is 23.0 Å². The van der Waals surface area contributed by atoms with Crippen LogP contribution in [0.4, 0.5) is 0 Å². The van der Waals surface area contributed by atoms with E-state index in [4.69, 9.17) is 4.74 Å². The molecule has 2 rings (SSSR count). The maximum atomic E-state index is 12.0. The Morgan fingerprint density at radius 3 is 2.64 bits per heavy atom. The van der Waals surface area contributed by atoms with E-state index in [0.29, 0.717) is 12.2 Å². The summed E-state index contributed by atoms with van der Waals surface area (Å²) in [6.07, 6.45) is 4.49. The first-order valence-corrected chi connectivity index (χ1v) is 7.13. The zero-order valence-electron chi connectivity index (χ0n) is 13.4. The predicted molar refractivity (Wildman–Crippen MR) is 84.9 cm³/mol. The van der Waals surface area contributed by atoms with Crippen molar-refractivity contribution in [3.05, 3.63) is 53.6 Å². The van der Waals surface area contributed by atoms with Crippen LogP contribution >= 0.6 is 0 Å². The Labute approximate surface area is 130 Å². The van der Waals surface area contributed by atoms with Crippen LogP contribution in [0.25, 0.3) is 0 Å². The average Bonchev–Trinajstić information content (AvgIpc) is 2.52. The van der Waals surface area contributed by atoms with Gasteiger partial charge in [-0.1, -0.05) is 26.8 Å². The summed E-state index contributed by atoms with van der Waals surface area (Å²) in [5.41, 5.74) is 2.41. The molecule has 116 valence electrons. The molecule has 0 fully saturated rings. The molecule has 1 aromatic carbocycles. The summed E-state index contributed by atoms with van der Waals surface area (Å²) >= 11 is 0. The molecule has 0 aliphatic carbocycles. The molecule has 1 N–H and O–H groups in total. The van der Waals surface area contributed by atoms with Crippen molar-refractivity contribution in [1.29, 1.82) is 0 Å². The molecule has 0 aliphatic rings. The van der Waals surface area contributed by atoms with Crippen molar-refractivity contribution >= 4 is 5.91 Å². The van der Waals surface area contributed by atoms with Gasteiger partial charge >= 0.3 is 0 Å². The van der Waals surface area contributed by atoms with E-state index in [1.54, 1.807) is 7.11 Å². The fourth-order valence-electron chi connectivity index (χ4n) is 2.14. The van der Waals surface area contributed by atoms with E-state index in [0.717, 1.165) is 16.9 Å². The quantitative estimate of drug-likeness (QED) is 0.943. The lowest BCUT2D eigenvalue weighted by molar-refractivity contribution is 0.0945. The van der Waals surface area contributed by atoms with Gasteiger partial charge in [-0.3, -0.25) is 9.78 Å². The minimum atomic E-state index is -0.235. The molecule has 2 aromatic rings. The molecule has 0 atom stereocenters. The predicted octanol–water partition coefficient (Wildman–Crippen LogP) is 2.71. The number of ether oxygens (including phenoxy) is 1. The highest BCUT2D eigenvalue weighted by Gasteiger charge is 2.19. The van der Waals surface area contributed by atoms with Crippen LogP contribution in [0.1, 0.15) is 42.4 Å². The maximum Gasteiger partial charge on any atom is 0.271 e. The van der Waals surface area contributed by atoms with Crippen molar-refractivity contribution in [2.24, 2.45) is 0 Å². The van der Waals surface area contributed by atoms with Crippen molar-refractivity contribution in [1.82, 2.24) is 15.3 Å². The first-order chi connectivity index (χ1) is 10.4. The van der Waals surface area contributed by atoms with Crippen LogP contribution in [-0.2, 0) is 12.0 Å². The van der Waals surface area contributed by atoms with Gasteiger partial charge in [0.15, 0.2) is 0 Å². The highest BCUT2D eigenvalue weighted by atomic mass is 16.5. The lowest BCUT2D eigenvalue weighted by atomic mass is 9.85. The maximum absolute atomic E-state index is 12.0. The molecule has 0 unspecified atom stereocenters. The normalized spacial score (nSPS) is 11.1. The molecule has 1 aromatic heterocycles. The van der Waals surface area contributed by atoms with E-state index in [1.165, 1.54) is 18.6 Å². The molecule has 1 heterocycles. The van der Waals surface area contributed by atoms with Crippen molar-refractivity contribution < 1.29 is 9.53 Å². The lowest BCUT2D eigenvalue weighted by Crippen LogP contribution is -2.24. The van der Waals surface area contributed by atoms with Gasteiger partial charge in [0, 0.05) is 18.9 Å². The second kappa shape index (κ2) is 6.56. The van der Waals surface area contributed by atoms with Crippen molar-refractivity contribution in [2.45, 2.75) is 32.7 Å². The fourth-order valence-corrected chi connectivity index (χ4v) is 2.14. The van der Waals surface area contributed by atoms with Gasteiger partial charge in [0.05, 0.1) is 13.3 Å². The van der Waals surface area contributed by atoms with Crippen LogP contribution < -0.4 is 10.1 Å². The number of carbonyl (C=O) groups excluding carboxylic acids is 1. The van der Waals surface area contributed by atoms with Gasteiger partial charge in [-0.2, -0.15) is 0 Å². The van der Waals surface area contributed by atoms with Gasteiger partial charge < -0.3 is 10.1 Å². The van der Waals surface area contributed by atoms with E-state index in [9.17, 15) is 4.79 Å². The van der Waals surface area contributed by atoms with Crippen LogP contribution in [0.15, 0.2) is 36.8 Å². The Kier molecular flexibility index (Phi) is 4.75. The van der Waals surface area contributed by atoms with Gasteiger partial charge in [0.2, 0.25) is 0 Å². The Balaban J connectivity index is 2.12. The molecule has 0 saturated carbocycles. The third-order valence-electron chi connectivity index (χ3n) is 3.32. The molecule has 22 heavy (non-hydrogen) atoms. The Morgan fingerprint density at radius 2 is 2.05 bits per heavy atom. The van der Waals surface area contributed by atoms with E-state index >= 15 is 0 Å². The van der Waals surface area contributed by atoms with E-state index in [1.807, 2.05) is 12.1 Å². The van der Waals surface area contributed by atoms with Gasteiger partial charge in [-0.05, 0) is 28.7 Å². The van der Waals surface area contributed by atoms with E-state index < -0.39 is 0 Å². The number of hydrogen-bond acceptors (Lipinski definition) is 4. The summed E-state index contributed by atoms with van der Waals surface area (Å²) in [5.74, 6) is 0.623. The van der Waals surface area contributed by atoms with E-state index in [-0.39, 0.29) is 11.3 Å². The Bertz CT molecular complexity index is 649. The molecule has 0 bridgehead atoms. The summed E-state index contributed by atoms with van der Waals surface area (Å²) in [4.78, 5) is 19.9. The molecule has 0 saturated heterocycles. The summed E-state index contributed by atoms with van der Waals surface area (Å²) < 4.78 is 5.42. The van der Waals surface area contributed by atoms with Gasteiger partial charge in [-0.25, -0.2) is 4.98 Å². The van der Waals surface area contributed by atoms with E-state index in [2.05, 4.69) is 42.1 Å². The zero-order chi connectivity index (χ0) is 16.2. The summed E-state index contributed by atoms with van der Waals surface area (Å²) in [5, 5.41) is 2.85. The molecule has 0 radical (unpaired) electrons. The number of methoxy groups -OCH3 is 1. The number of nitrogens with zero attached hydrogens (tertiary/aromatic N) is 2. The zero-order valence-corrected chi connectivity index (χ0v) is 13.4. The number of hydrogen-bond donors (Lipinski definition) is 1. The molecule has 5 heteroatoms. The Morgan fingerprint density at radius 1 is 1.27 bits per heavy atom. The SMILES string of the molecule is COc1ccc(CNC(=O)c2cnccn2)cc1C(C)(C)C. The van der Waals surface area contributed by atoms with Gasteiger partial charge in [0.1, 0.15) is 11.4 Å². The largest absolute Gasteiger partial charge is 0.496 e. The third kappa shape index (κ3) is 3.81. The number of carbonyl (C=O) groups is 1. The monoisotopic (exact) mass is 299 g/mol. The van der Waals surface area contributed by atoms with Gasteiger partial charge in [0.25, 0.3) is 5.91 Å². The molecule has 0 spiro atoms. The summed E-state index contributed by atoms with van der Waals surface area (Å²) in [6.45, 7) is 6.83. The third-order valence-corrected chi connectivity index (χ3v) is 3.32. The topological polar surface area (TPSA) is 64.1 Å². The molecular weight excluding hydrogens is 278 g/mol.